The zero-order chi connectivity index (χ0) is 11.8. The van der Waals surface area contributed by atoms with E-state index in [4.69, 9.17) is 0 Å². The maximum absolute atomic E-state index is 11.9. The average Bonchev–Trinajstić information content (AvgIpc) is 2.30. The number of nitrogens with one attached hydrogen (secondary N) is 1. The fourth-order valence-corrected chi connectivity index (χ4v) is 2.51. The maximum Gasteiger partial charge on any atom is 0.222 e. The van der Waals surface area contributed by atoms with E-state index in [-0.39, 0.29) is 0 Å². The van der Waals surface area contributed by atoms with E-state index >= 15 is 0 Å². The highest BCUT2D eigenvalue weighted by Crippen LogP contribution is 2.21. The molecule has 16 heavy (non-hydrogen) atoms. The number of likely N-dealkylation sites (tertiary alicyclic amines) is 1. The molecule has 1 heterocycles. The van der Waals surface area contributed by atoms with Crippen LogP contribution in [-0.4, -0.2) is 37.5 Å². The SMILES string of the molecule is CCCC1CCCN(C(=O)CCCNC)C1. The molecule has 1 amide bonds. The molecule has 1 N–H and O–H groups in total. The molecule has 0 aliphatic carbocycles. The van der Waals surface area contributed by atoms with E-state index in [9.17, 15) is 4.79 Å². The number of rotatable bonds is 6. The minimum Gasteiger partial charge on any atom is -0.342 e. The molecule has 1 aliphatic rings. The maximum atomic E-state index is 11.9. The van der Waals surface area contributed by atoms with Gasteiger partial charge in [-0.1, -0.05) is 13.3 Å². The van der Waals surface area contributed by atoms with Gasteiger partial charge in [0.05, 0.1) is 0 Å². The molecule has 1 saturated heterocycles. The highest BCUT2D eigenvalue weighted by molar-refractivity contribution is 5.76. The van der Waals surface area contributed by atoms with E-state index in [2.05, 4.69) is 17.1 Å². The number of piperidine rings is 1. The van der Waals surface area contributed by atoms with Crippen LogP contribution >= 0.6 is 0 Å². The van der Waals surface area contributed by atoms with Gasteiger partial charge in [0.15, 0.2) is 0 Å². The van der Waals surface area contributed by atoms with Crippen LogP contribution in [-0.2, 0) is 4.79 Å². The number of carbonyl (C=O) groups excluding carboxylic acids is 1. The summed E-state index contributed by atoms with van der Waals surface area (Å²) in [6.45, 7) is 5.16. The molecule has 1 aliphatic heterocycles. The van der Waals surface area contributed by atoms with Gasteiger partial charge in [-0.05, 0) is 45.2 Å². The standard InChI is InChI=1S/C13H26N2O/c1-3-6-12-7-5-10-15(11-12)13(16)8-4-9-14-2/h12,14H,3-11H2,1-2H3. The molecule has 3 nitrogen and oxygen atoms in total. The second kappa shape index (κ2) is 7.66. The highest BCUT2D eigenvalue weighted by atomic mass is 16.2. The summed E-state index contributed by atoms with van der Waals surface area (Å²) in [6, 6.07) is 0. The topological polar surface area (TPSA) is 32.3 Å². The normalized spacial score (nSPS) is 21.1. The van der Waals surface area contributed by atoms with Gasteiger partial charge in [0.25, 0.3) is 0 Å². The van der Waals surface area contributed by atoms with E-state index in [1.54, 1.807) is 0 Å². The first-order valence-electron chi connectivity index (χ1n) is 6.70. The largest absolute Gasteiger partial charge is 0.342 e. The summed E-state index contributed by atoms with van der Waals surface area (Å²) in [4.78, 5) is 14.0. The molecule has 0 aromatic rings. The Labute approximate surface area is 99.6 Å². The first-order valence-corrected chi connectivity index (χ1v) is 6.70. The molecular weight excluding hydrogens is 200 g/mol. The number of carbonyl (C=O) groups is 1. The molecule has 1 fully saturated rings. The molecule has 0 bridgehead atoms. The Bertz CT molecular complexity index is 204. The Hall–Kier alpha value is -0.570. The van der Waals surface area contributed by atoms with E-state index in [0.717, 1.165) is 32.0 Å². The summed E-state index contributed by atoms with van der Waals surface area (Å²) in [5.74, 6) is 1.11. The Morgan fingerprint density at radius 1 is 1.50 bits per heavy atom. The van der Waals surface area contributed by atoms with Crippen molar-refractivity contribution >= 4 is 5.91 Å². The number of amides is 1. The summed E-state index contributed by atoms with van der Waals surface area (Å²) in [5.41, 5.74) is 0. The summed E-state index contributed by atoms with van der Waals surface area (Å²) < 4.78 is 0. The lowest BCUT2D eigenvalue weighted by atomic mass is 9.93. The molecule has 1 unspecified atom stereocenters. The van der Waals surface area contributed by atoms with Gasteiger partial charge in [-0.2, -0.15) is 0 Å². The molecule has 0 spiro atoms. The van der Waals surface area contributed by atoms with Gasteiger partial charge in [0, 0.05) is 19.5 Å². The van der Waals surface area contributed by atoms with Crippen LogP contribution in [0.3, 0.4) is 0 Å². The Morgan fingerprint density at radius 3 is 3.00 bits per heavy atom. The van der Waals surface area contributed by atoms with Crippen LogP contribution in [0.25, 0.3) is 0 Å². The number of nitrogens with zero attached hydrogens (tertiary/aromatic N) is 1. The van der Waals surface area contributed by atoms with Gasteiger partial charge >= 0.3 is 0 Å². The zero-order valence-corrected chi connectivity index (χ0v) is 10.8. The van der Waals surface area contributed by atoms with Crippen LogP contribution in [0.1, 0.15) is 45.4 Å². The third-order valence-electron chi connectivity index (χ3n) is 3.39. The van der Waals surface area contributed by atoms with E-state index < -0.39 is 0 Å². The molecule has 1 atom stereocenters. The molecule has 0 radical (unpaired) electrons. The number of hydrogen-bond acceptors (Lipinski definition) is 2. The third kappa shape index (κ3) is 4.52. The van der Waals surface area contributed by atoms with Crippen molar-refractivity contribution in [2.45, 2.75) is 45.4 Å². The first-order chi connectivity index (χ1) is 7.77. The second-order valence-corrected chi connectivity index (χ2v) is 4.84. The van der Waals surface area contributed by atoms with Crippen molar-refractivity contribution in [2.24, 2.45) is 5.92 Å². The van der Waals surface area contributed by atoms with Gasteiger partial charge in [-0.25, -0.2) is 0 Å². The molecule has 0 aromatic heterocycles. The van der Waals surface area contributed by atoms with Crippen molar-refractivity contribution in [3.63, 3.8) is 0 Å². The Kier molecular flexibility index (Phi) is 6.46. The lowest BCUT2D eigenvalue weighted by Gasteiger charge is -2.32. The van der Waals surface area contributed by atoms with Crippen LogP contribution in [0.2, 0.25) is 0 Å². The molecule has 0 saturated carbocycles. The highest BCUT2D eigenvalue weighted by Gasteiger charge is 2.22. The Balaban J connectivity index is 2.26. The summed E-state index contributed by atoms with van der Waals surface area (Å²) in [6.07, 6.45) is 6.70. The third-order valence-corrected chi connectivity index (χ3v) is 3.39. The number of hydrogen-bond donors (Lipinski definition) is 1. The van der Waals surface area contributed by atoms with Crippen LogP contribution < -0.4 is 5.32 Å². The van der Waals surface area contributed by atoms with Crippen molar-refractivity contribution in [3.05, 3.63) is 0 Å². The molecular formula is C13H26N2O. The van der Waals surface area contributed by atoms with Crippen LogP contribution in [0.15, 0.2) is 0 Å². The fraction of sp³-hybridized carbons (Fsp3) is 0.923. The van der Waals surface area contributed by atoms with Crippen molar-refractivity contribution < 1.29 is 4.79 Å². The summed E-state index contributed by atoms with van der Waals surface area (Å²) in [7, 11) is 1.93. The quantitative estimate of drug-likeness (QED) is 0.703. The predicted octanol–water partition coefficient (Wildman–Crippen LogP) is 2.02. The average molecular weight is 226 g/mol. The minimum atomic E-state index is 0.357. The predicted molar refractivity (Wildman–Crippen MR) is 67.4 cm³/mol. The zero-order valence-electron chi connectivity index (χ0n) is 10.8. The van der Waals surface area contributed by atoms with E-state index in [0.29, 0.717) is 12.3 Å². The van der Waals surface area contributed by atoms with Crippen LogP contribution in [0.4, 0.5) is 0 Å². The van der Waals surface area contributed by atoms with Crippen molar-refractivity contribution in [1.29, 1.82) is 0 Å². The smallest absolute Gasteiger partial charge is 0.222 e. The minimum absolute atomic E-state index is 0.357. The van der Waals surface area contributed by atoms with Gasteiger partial charge in [0.2, 0.25) is 5.91 Å². The molecule has 1 rings (SSSR count). The summed E-state index contributed by atoms with van der Waals surface area (Å²) >= 11 is 0. The van der Waals surface area contributed by atoms with Crippen molar-refractivity contribution in [3.8, 4) is 0 Å². The van der Waals surface area contributed by atoms with Crippen molar-refractivity contribution in [2.75, 3.05) is 26.7 Å². The van der Waals surface area contributed by atoms with Crippen LogP contribution in [0, 0.1) is 5.92 Å². The lowest BCUT2D eigenvalue weighted by Crippen LogP contribution is -2.40. The van der Waals surface area contributed by atoms with Gasteiger partial charge < -0.3 is 10.2 Å². The van der Waals surface area contributed by atoms with Crippen molar-refractivity contribution in [1.82, 2.24) is 10.2 Å². The lowest BCUT2D eigenvalue weighted by molar-refractivity contribution is -0.133. The van der Waals surface area contributed by atoms with Gasteiger partial charge in [-0.15, -0.1) is 0 Å². The van der Waals surface area contributed by atoms with Crippen LogP contribution in [0.5, 0.6) is 0 Å². The monoisotopic (exact) mass is 226 g/mol. The van der Waals surface area contributed by atoms with E-state index in [1.165, 1.54) is 25.7 Å². The van der Waals surface area contributed by atoms with E-state index in [1.807, 2.05) is 7.05 Å². The second-order valence-electron chi connectivity index (χ2n) is 4.84. The molecule has 0 aromatic carbocycles. The van der Waals surface area contributed by atoms with Gasteiger partial charge in [-0.3, -0.25) is 4.79 Å². The Morgan fingerprint density at radius 2 is 2.31 bits per heavy atom. The first kappa shape index (κ1) is 13.5. The molecule has 94 valence electrons. The summed E-state index contributed by atoms with van der Waals surface area (Å²) in [5, 5.41) is 3.08. The van der Waals surface area contributed by atoms with Gasteiger partial charge in [0.1, 0.15) is 0 Å². The fourth-order valence-electron chi connectivity index (χ4n) is 2.51. The molecule has 3 heteroatoms.